The number of thiazole rings is 1. The lowest BCUT2D eigenvalue weighted by Gasteiger charge is -2.13. The van der Waals surface area contributed by atoms with Gasteiger partial charge in [-0.3, -0.25) is 4.79 Å². The van der Waals surface area contributed by atoms with E-state index in [0.717, 1.165) is 16.3 Å². The molecule has 0 aliphatic heterocycles. The minimum atomic E-state index is -0.514. The van der Waals surface area contributed by atoms with Crippen molar-refractivity contribution in [2.24, 2.45) is 11.7 Å². The first kappa shape index (κ1) is 15.8. The molecule has 2 aromatic rings. The molecule has 0 saturated heterocycles. The molecule has 1 aromatic carbocycles. The summed E-state index contributed by atoms with van der Waals surface area (Å²) in [6.45, 7) is 4.82. The fourth-order valence-electron chi connectivity index (χ4n) is 1.75. The molecule has 0 aliphatic rings. The normalized spacial score (nSPS) is 10.9. The van der Waals surface area contributed by atoms with Crippen molar-refractivity contribution in [1.82, 2.24) is 4.98 Å². The summed E-state index contributed by atoms with van der Waals surface area (Å²) in [5, 5.41) is 3.12. The molecule has 0 spiro atoms. The van der Waals surface area contributed by atoms with E-state index >= 15 is 0 Å². The highest BCUT2D eigenvalue weighted by Crippen LogP contribution is 2.27. The van der Waals surface area contributed by atoms with Gasteiger partial charge in [0.15, 0.2) is 0 Å². The standard InChI is InChI=1S/C15H17ClN2O2S/c1-9(2)7-20-13-4-3-11(16)5-10(13)6-14-18-12(8-21-14)15(17)19/h3-5,8-9H,6-7H2,1-2H3,(H2,17,19). The summed E-state index contributed by atoms with van der Waals surface area (Å²) in [5.74, 6) is 0.721. The Morgan fingerprint density at radius 1 is 1.48 bits per heavy atom. The van der Waals surface area contributed by atoms with E-state index in [9.17, 15) is 4.79 Å². The van der Waals surface area contributed by atoms with Crippen molar-refractivity contribution in [1.29, 1.82) is 0 Å². The van der Waals surface area contributed by atoms with Crippen LogP contribution in [0.1, 0.15) is 34.9 Å². The van der Waals surface area contributed by atoms with E-state index < -0.39 is 5.91 Å². The van der Waals surface area contributed by atoms with Crippen LogP contribution in [0.2, 0.25) is 5.02 Å². The third kappa shape index (κ3) is 4.44. The number of carbonyl (C=O) groups is 1. The lowest BCUT2D eigenvalue weighted by atomic mass is 10.1. The van der Waals surface area contributed by atoms with Gasteiger partial charge in [0.1, 0.15) is 11.4 Å². The number of amides is 1. The lowest BCUT2D eigenvalue weighted by molar-refractivity contribution is 0.0996. The summed E-state index contributed by atoms with van der Waals surface area (Å²) in [7, 11) is 0. The van der Waals surface area contributed by atoms with Gasteiger partial charge in [-0.2, -0.15) is 0 Å². The Kier molecular flexibility index (Phi) is 5.20. The Balaban J connectivity index is 2.20. The third-order valence-electron chi connectivity index (χ3n) is 2.74. The van der Waals surface area contributed by atoms with Crippen LogP contribution < -0.4 is 10.5 Å². The first-order chi connectivity index (χ1) is 9.95. The Morgan fingerprint density at radius 2 is 2.24 bits per heavy atom. The Hall–Kier alpha value is -1.59. The van der Waals surface area contributed by atoms with Crippen LogP contribution >= 0.6 is 22.9 Å². The zero-order valence-electron chi connectivity index (χ0n) is 11.9. The van der Waals surface area contributed by atoms with Crippen molar-refractivity contribution in [2.75, 3.05) is 6.61 Å². The van der Waals surface area contributed by atoms with Gasteiger partial charge >= 0.3 is 0 Å². The van der Waals surface area contributed by atoms with Crippen molar-refractivity contribution >= 4 is 28.8 Å². The molecule has 1 heterocycles. The highest BCUT2D eigenvalue weighted by atomic mass is 35.5. The summed E-state index contributed by atoms with van der Waals surface area (Å²) in [4.78, 5) is 15.3. The number of halogens is 1. The van der Waals surface area contributed by atoms with Crippen LogP contribution in [0.15, 0.2) is 23.6 Å². The molecule has 1 aromatic heterocycles. The van der Waals surface area contributed by atoms with Gasteiger partial charge in [0.25, 0.3) is 5.91 Å². The predicted molar refractivity (Wildman–Crippen MR) is 85.2 cm³/mol. The Bertz CT molecular complexity index is 640. The second kappa shape index (κ2) is 6.91. The molecule has 21 heavy (non-hydrogen) atoms. The summed E-state index contributed by atoms with van der Waals surface area (Å²) in [6.07, 6.45) is 0.561. The number of nitrogens with two attached hydrogens (primary N) is 1. The zero-order valence-corrected chi connectivity index (χ0v) is 13.5. The molecular weight excluding hydrogens is 308 g/mol. The van der Waals surface area contributed by atoms with Crippen LogP contribution in [0.5, 0.6) is 5.75 Å². The Morgan fingerprint density at radius 3 is 2.86 bits per heavy atom. The molecule has 112 valence electrons. The number of aromatic nitrogens is 1. The minimum Gasteiger partial charge on any atom is -0.493 e. The number of primary amides is 1. The molecule has 0 bridgehead atoms. The van der Waals surface area contributed by atoms with Gasteiger partial charge in [0, 0.05) is 22.4 Å². The van der Waals surface area contributed by atoms with Crippen LogP contribution in [-0.4, -0.2) is 17.5 Å². The van der Waals surface area contributed by atoms with Crippen LogP contribution in [0.25, 0.3) is 0 Å². The van der Waals surface area contributed by atoms with Crippen molar-refractivity contribution in [3.8, 4) is 5.75 Å². The maximum Gasteiger partial charge on any atom is 0.268 e. The monoisotopic (exact) mass is 324 g/mol. The number of nitrogens with zero attached hydrogens (tertiary/aromatic N) is 1. The number of ether oxygens (including phenoxy) is 1. The van der Waals surface area contributed by atoms with Gasteiger partial charge in [-0.15, -0.1) is 11.3 Å². The van der Waals surface area contributed by atoms with Gasteiger partial charge < -0.3 is 10.5 Å². The second-order valence-electron chi connectivity index (χ2n) is 5.12. The highest BCUT2D eigenvalue weighted by Gasteiger charge is 2.11. The Labute approximate surface area is 132 Å². The molecule has 0 fully saturated rings. The smallest absolute Gasteiger partial charge is 0.268 e. The molecule has 2 rings (SSSR count). The summed E-state index contributed by atoms with van der Waals surface area (Å²) >= 11 is 7.46. The molecular formula is C15H17ClN2O2S. The van der Waals surface area contributed by atoms with Crippen molar-refractivity contribution in [3.63, 3.8) is 0 Å². The number of rotatable bonds is 6. The highest BCUT2D eigenvalue weighted by molar-refractivity contribution is 7.09. The van der Waals surface area contributed by atoms with Gasteiger partial charge in [-0.05, 0) is 24.1 Å². The van der Waals surface area contributed by atoms with Crippen LogP contribution in [0, 0.1) is 5.92 Å². The molecule has 0 aliphatic carbocycles. The molecule has 2 N–H and O–H groups in total. The number of hydrogen-bond donors (Lipinski definition) is 1. The van der Waals surface area contributed by atoms with E-state index in [1.54, 1.807) is 11.4 Å². The first-order valence-corrected chi connectivity index (χ1v) is 7.87. The molecule has 0 saturated carbocycles. The summed E-state index contributed by atoms with van der Waals surface area (Å²) in [5.41, 5.74) is 6.46. The van der Waals surface area contributed by atoms with Crippen molar-refractivity contribution < 1.29 is 9.53 Å². The number of benzene rings is 1. The van der Waals surface area contributed by atoms with Gasteiger partial charge in [0.2, 0.25) is 0 Å². The van der Waals surface area contributed by atoms with Gasteiger partial charge in [-0.1, -0.05) is 25.4 Å². The minimum absolute atomic E-state index is 0.293. The average Bonchev–Trinajstić information content (AvgIpc) is 2.86. The molecule has 1 amide bonds. The van der Waals surface area contributed by atoms with Crippen molar-refractivity contribution in [2.45, 2.75) is 20.3 Å². The summed E-state index contributed by atoms with van der Waals surface area (Å²) < 4.78 is 5.81. The average molecular weight is 325 g/mol. The zero-order chi connectivity index (χ0) is 15.4. The molecule has 0 unspecified atom stereocenters. The van der Waals surface area contributed by atoms with Gasteiger partial charge in [-0.25, -0.2) is 4.98 Å². The topological polar surface area (TPSA) is 65.2 Å². The van der Waals surface area contributed by atoms with E-state index in [4.69, 9.17) is 22.1 Å². The van der Waals surface area contributed by atoms with Crippen molar-refractivity contribution in [3.05, 3.63) is 44.9 Å². The van der Waals surface area contributed by atoms with E-state index in [2.05, 4.69) is 18.8 Å². The molecule has 6 heteroatoms. The van der Waals surface area contributed by atoms with E-state index in [-0.39, 0.29) is 0 Å². The van der Waals surface area contributed by atoms with Crippen LogP contribution in [0.4, 0.5) is 0 Å². The SMILES string of the molecule is CC(C)COc1ccc(Cl)cc1Cc1nc(C(N)=O)cs1. The van der Waals surface area contributed by atoms with Gasteiger partial charge in [0.05, 0.1) is 11.6 Å². The van der Waals surface area contributed by atoms with Crippen LogP contribution in [0.3, 0.4) is 0 Å². The van der Waals surface area contributed by atoms with E-state index in [1.807, 2.05) is 12.1 Å². The fourth-order valence-corrected chi connectivity index (χ4v) is 2.75. The first-order valence-electron chi connectivity index (χ1n) is 6.61. The predicted octanol–water partition coefficient (Wildman–Crippen LogP) is 3.52. The molecule has 0 radical (unpaired) electrons. The lowest BCUT2D eigenvalue weighted by Crippen LogP contribution is -2.11. The number of carbonyl (C=O) groups excluding carboxylic acids is 1. The maximum atomic E-state index is 11.1. The number of hydrogen-bond acceptors (Lipinski definition) is 4. The summed E-state index contributed by atoms with van der Waals surface area (Å²) in [6, 6.07) is 5.53. The maximum absolute atomic E-state index is 11.1. The van der Waals surface area contributed by atoms with E-state index in [0.29, 0.717) is 29.7 Å². The molecule has 4 nitrogen and oxygen atoms in total. The van der Waals surface area contributed by atoms with E-state index in [1.165, 1.54) is 11.3 Å². The molecule has 0 atom stereocenters. The second-order valence-corrected chi connectivity index (χ2v) is 6.50. The third-order valence-corrected chi connectivity index (χ3v) is 3.82. The quantitative estimate of drug-likeness (QED) is 0.884. The largest absolute Gasteiger partial charge is 0.493 e. The van der Waals surface area contributed by atoms with Crippen LogP contribution in [-0.2, 0) is 6.42 Å². The fraction of sp³-hybridized carbons (Fsp3) is 0.333.